The van der Waals surface area contributed by atoms with Gasteiger partial charge in [0.05, 0.1) is 5.75 Å². The zero-order chi connectivity index (χ0) is 16.2. The Kier molecular flexibility index (Phi) is 5.42. The summed E-state index contributed by atoms with van der Waals surface area (Å²) < 4.78 is 25.4. The van der Waals surface area contributed by atoms with E-state index in [2.05, 4.69) is 10.0 Å². The van der Waals surface area contributed by atoms with Gasteiger partial charge in [-0.2, -0.15) is 0 Å². The van der Waals surface area contributed by atoms with Gasteiger partial charge in [-0.15, -0.1) is 0 Å². The van der Waals surface area contributed by atoms with Crippen LogP contribution in [-0.2, 0) is 14.8 Å². The van der Waals surface area contributed by atoms with Gasteiger partial charge in [0.25, 0.3) is 0 Å². The molecule has 0 radical (unpaired) electrons. The Labute approximate surface area is 131 Å². The molecule has 1 saturated carbocycles. The largest absolute Gasteiger partial charge is 0.328 e. The van der Waals surface area contributed by atoms with E-state index < -0.39 is 10.0 Å². The van der Waals surface area contributed by atoms with Crippen LogP contribution in [0.25, 0.3) is 0 Å². The molecule has 122 valence electrons. The minimum atomic E-state index is -3.28. The number of hydrogen-bond donors (Lipinski definition) is 3. The molecule has 1 aromatic rings. The molecule has 1 aromatic carbocycles. The fourth-order valence-electron chi connectivity index (χ4n) is 2.58. The molecule has 2 atom stereocenters. The van der Waals surface area contributed by atoms with Crippen LogP contribution >= 0.6 is 0 Å². The van der Waals surface area contributed by atoms with Gasteiger partial charge in [-0.05, 0) is 50.5 Å². The van der Waals surface area contributed by atoms with Gasteiger partial charge in [0.1, 0.15) is 0 Å². The van der Waals surface area contributed by atoms with Crippen LogP contribution in [0, 0.1) is 5.92 Å². The van der Waals surface area contributed by atoms with Gasteiger partial charge in [0.2, 0.25) is 15.9 Å². The molecular formula is C15H23N3O3S. The molecule has 0 bridgehead atoms. The number of nitrogens with two attached hydrogens (primary N) is 1. The zero-order valence-electron chi connectivity index (χ0n) is 12.7. The second kappa shape index (κ2) is 7.11. The van der Waals surface area contributed by atoms with E-state index in [1.54, 1.807) is 31.2 Å². The van der Waals surface area contributed by atoms with Gasteiger partial charge < -0.3 is 11.1 Å². The fraction of sp³-hybridized carbons (Fsp3) is 0.533. The second-order valence-electron chi connectivity index (χ2n) is 5.70. The number of amides is 1. The topological polar surface area (TPSA) is 101 Å². The van der Waals surface area contributed by atoms with Crippen LogP contribution in [0.5, 0.6) is 0 Å². The summed E-state index contributed by atoms with van der Waals surface area (Å²) in [5.41, 5.74) is 7.04. The fourth-order valence-corrected chi connectivity index (χ4v) is 3.22. The van der Waals surface area contributed by atoms with Crippen LogP contribution < -0.4 is 15.8 Å². The predicted octanol–water partition coefficient (Wildman–Crippen LogP) is 1.90. The van der Waals surface area contributed by atoms with Crippen molar-refractivity contribution in [1.82, 2.24) is 0 Å². The third kappa shape index (κ3) is 4.71. The first-order valence-corrected chi connectivity index (χ1v) is 9.22. The Hall–Kier alpha value is -1.60. The Morgan fingerprint density at radius 2 is 1.86 bits per heavy atom. The smallest absolute Gasteiger partial charge is 0.232 e. The van der Waals surface area contributed by atoms with E-state index in [-0.39, 0.29) is 23.6 Å². The first kappa shape index (κ1) is 16.8. The molecule has 0 heterocycles. The molecule has 0 spiro atoms. The summed E-state index contributed by atoms with van der Waals surface area (Å²) in [6.45, 7) is 1.58. The minimum absolute atomic E-state index is 0.0166. The maximum atomic E-state index is 12.2. The van der Waals surface area contributed by atoms with E-state index in [4.69, 9.17) is 5.73 Å². The third-order valence-corrected chi connectivity index (χ3v) is 5.20. The lowest BCUT2D eigenvalue weighted by atomic mass is 9.85. The molecule has 1 aliphatic rings. The molecule has 1 fully saturated rings. The number of nitrogens with one attached hydrogen (secondary N) is 2. The van der Waals surface area contributed by atoms with Crippen LogP contribution in [0.4, 0.5) is 11.4 Å². The van der Waals surface area contributed by atoms with Crippen molar-refractivity contribution >= 4 is 27.3 Å². The summed E-state index contributed by atoms with van der Waals surface area (Å²) in [5.74, 6) is -0.0352. The van der Waals surface area contributed by atoms with Crippen molar-refractivity contribution in [2.45, 2.75) is 38.6 Å². The van der Waals surface area contributed by atoms with Crippen LogP contribution in [0.3, 0.4) is 0 Å². The van der Waals surface area contributed by atoms with E-state index in [0.717, 1.165) is 25.7 Å². The average molecular weight is 325 g/mol. The molecule has 1 amide bonds. The van der Waals surface area contributed by atoms with Crippen molar-refractivity contribution in [1.29, 1.82) is 0 Å². The second-order valence-corrected chi connectivity index (χ2v) is 7.71. The molecule has 0 aliphatic heterocycles. The highest BCUT2D eigenvalue weighted by molar-refractivity contribution is 7.92. The van der Waals surface area contributed by atoms with Gasteiger partial charge in [-0.3, -0.25) is 9.52 Å². The van der Waals surface area contributed by atoms with Gasteiger partial charge in [0.15, 0.2) is 0 Å². The Balaban J connectivity index is 1.95. The third-order valence-electron chi connectivity index (χ3n) is 3.89. The highest BCUT2D eigenvalue weighted by atomic mass is 32.2. The number of benzene rings is 1. The Bertz CT molecular complexity index is 613. The van der Waals surface area contributed by atoms with E-state index in [9.17, 15) is 13.2 Å². The van der Waals surface area contributed by atoms with Crippen molar-refractivity contribution in [3.05, 3.63) is 24.3 Å². The van der Waals surface area contributed by atoms with Gasteiger partial charge in [-0.25, -0.2) is 8.42 Å². The number of hydrogen-bond acceptors (Lipinski definition) is 4. The lowest BCUT2D eigenvalue weighted by Crippen LogP contribution is -2.34. The zero-order valence-corrected chi connectivity index (χ0v) is 13.5. The molecule has 6 nitrogen and oxygen atoms in total. The van der Waals surface area contributed by atoms with E-state index >= 15 is 0 Å². The number of anilines is 2. The van der Waals surface area contributed by atoms with Gasteiger partial charge >= 0.3 is 0 Å². The van der Waals surface area contributed by atoms with Crippen LogP contribution in [-0.4, -0.2) is 26.1 Å². The molecule has 2 rings (SSSR count). The monoisotopic (exact) mass is 325 g/mol. The molecule has 4 N–H and O–H groups in total. The summed E-state index contributed by atoms with van der Waals surface area (Å²) in [6.07, 6.45) is 3.56. The van der Waals surface area contributed by atoms with Crippen LogP contribution in [0.2, 0.25) is 0 Å². The van der Waals surface area contributed by atoms with Crippen molar-refractivity contribution in [2.75, 3.05) is 15.8 Å². The molecule has 2 unspecified atom stereocenters. The molecule has 22 heavy (non-hydrogen) atoms. The van der Waals surface area contributed by atoms with Crippen molar-refractivity contribution in [3.63, 3.8) is 0 Å². The SMILES string of the molecule is CCS(=O)(=O)Nc1ccc(NC(=O)C2CCCC(N)C2)cc1. The molecular weight excluding hydrogens is 302 g/mol. The average Bonchev–Trinajstić information content (AvgIpc) is 2.49. The molecule has 0 saturated heterocycles. The number of carbonyl (C=O) groups is 1. The summed E-state index contributed by atoms with van der Waals surface area (Å²) in [6, 6.07) is 6.75. The Morgan fingerprint density at radius 3 is 2.45 bits per heavy atom. The highest BCUT2D eigenvalue weighted by Gasteiger charge is 2.25. The summed E-state index contributed by atoms with van der Waals surface area (Å²) >= 11 is 0. The van der Waals surface area contributed by atoms with Crippen LogP contribution in [0.1, 0.15) is 32.6 Å². The molecule has 0 aromatic heterocycles. The first-order valence-electron chi connectivity index (χ1n) is 7.56. The van der Waals surface area contributed by atoms with E-state index in [1.807, 2.05) is 0 Å². The summed E-state index contributed by atoms with van der Waals surface area (Å²) in [4.78, 5) is 12.2. The summed E-state index contributed by atoms with van der Waals surface area (Å²) in [7, 11) is -3.28. The van der Waals surface area contributed by atoms with Gasteiger partial charge in [-0.1, -0.05) is 6.42 Å². The van der Waals surface area contributed by atoms with Crippen molar-refractivity contribution in [3.8, 4) is 0 Å². The quantitative estimate of drug-likeness (QED) is 0.769. The summed E-state index contributed by atoms with van der Waals surface area (Å²) in [5, 5.41) is 2.86. The minimum Gasteiger partial charge on any atom is -0.328 e. The lowest BCUT2D eigenvalue weighted by molar-refractivity contribution is -0.120. The maximum Gasteiger partial charge on any atom is 0.232 e. The number of rotatable bonds is 5. The highest BCUT2D eigenvalue weighted by Crippen LogP contribution is 2.25. The first-order chi connectivity index (χ1) is 10.4. The van der Waals surface area contributed by atoms with E-state index in [0.29, 0.717) is 11.4 Å². The normalized spacial score (nSPS) is 22.1. The Morgan fingerprint density at radius 1 is 1.23 bits per heavy atom. The number of carbonyl (C=O) groups excluding carboxylic acids is 1. The van der Waals surface area contributed by atoms with E-state index in [1.165, 1.54) is 0 Å². The van der Waals surface area contributed by atoms with Crippen LogP contribution in [0.15, 0.2) is 24.3 Å². The molecule has 1 aliphatic carbocycles. The number of sulfonamides is 1. The maximum absolute atomic E-state index is 12.2. The van der Waals surface area contributed by atoms with Crippen molar-refractivity contribution < 1.29 is 13.2 Å². The standard InChI is InChI=1S/C15H23N3O3S/c1-2-22(20,21)18-14-8-6-13(7-9-14)17-15(19)11-4-3-5-12(16)10-11/h6-9,11-12,18H,2-5,10,16H2,1H3,(H,17,19). The molecule has 7 heteroatoms. The van der Waals surface area contributed by atoms with Crippen molar-refractivity contribution in [2.24, 2.45) is 11.7 Å². The van der Waals surface area contributed by atoms with Gasteiger partial charge in [0, 0.05) is 23.3 Å². The predicted molar refractivity (Wildman–Crippen MR) is 88.1 cm³/mol. The lowest BCUT2D eigenvalue weighted by Gasteiger charge is -2.25.